The van der Waals surface area contributed by atoms with Gasteiger partial charge in [-0.05, 0) is 48.4 Å². The van der Waals surface area contributed by atoms with E-state index in [9.17, 15) is 4.39 Å². The minimum Gasteiger partial charge on any atom is -0.372 e. The fraction of sp³-hybridized carbons (Fsp3) is 0.167. The molecule has 0 saturated carbocycles. The van der Waals surface area contributed by atoms with E-state index >= 15 is 0 Å². The lowest BCUT2D eigenvalue weighted by molar-refractivity contribution is 0.497. The Balaban J connectivity index is 1.78. The van der Waals surface area contributed by atoms with Gasteiger partial charge in [-0.2, -0.15) is 0 Å². The van der Waals surface area contributed by atoms with Crippen molar-refractivity contribution in [1.29, 1.82) is 0 Å². The van der Waals surface area contributed by atoms with Crippen LogP contribution in [-0.4, -0.2) is 30.2 Å². The first kappa shape index (κ1) is 14.2. The number of H-pyrrole nitrogens is 1. The number of anilines is 1. The molecule has 3 aromatic rings. The van der Waals surface area contributed by atoms with Crippen molar-refractivity contribution in [2.75, 3.05) is 25.2 Å². The van der Waals surface area contributed by atoms with Crippen LogP contribution in [0.4, 0.5) is 10.1 Å². The van der Waals surface area contributed by atoms with Crippen LogP contribution in [-0.2, 0) is 0 Å². The van der Waals surface area contributed by atoms with Gasteiger partial charge in [-0.25, -0.2) is 4.39 Å². The normalized spacial score (nSPS) is 10.3. The second-order valence-electron chi connectivity index (χ2n) is 5.03. The van der Waals surface area contributed by atoms with Crippen LogP contribution in [0.25, 0.3) is 11.0 Å². The lowest BCUT2D eigenvalue weighted by atomic mass is 10.2. The van der Waals surface area contributed by atoms with Crippen LogP contribution in [0.5, 0.6) is 0 Å². The fourth-order valence-corrected chi connectivity index (χ4v) is 2.22. The Kier molecular flexibility index (Phi) is 4.06. The van der Waals surface area contributed by atoms with Gasteiger partial charge in [0.25, 0.3) is 0 Å². The van der Waals surface area contributed by atoms with E-state index in [2.05, 4.69) is 21.8 Å². The molecule has 0 spiro atoms. The molecule has 0 aliphatic heterocycles. The average Bonchev–Trinajstić information content (AvgIpc) is 2.96. The van der Waals surface area contributed by atoms with Crippen LogP contribution in [0, 0.1) is 11.8 Å². The molecule has 0 saturated heterocycles. The van der Waals surface area contributed by atoms with Gasteiger partial charge in [0, 0.05) is 31.0 Å². The van der Waals surface area contributed by atoms with Crippen molar-refractivity contribution in [3.05, 3.63) is 59.9 Å². The predicted octanol–water partition coefficient (Wildman–Crippen LogP) is 3.37. The smallest absolute Gasteiger partial charge is 0.107 e. The zero-order valence-electron chi connectivity index (χ0n) is 12.3. The summed E-state index contributed by atoms with van der Waals surface area (Å²) in [6.45, 7) is 0.0412. The van der Waals surface area contributed by atoms with Crippen LogP contribution < -0.4 is 4.90 Å². The van der Waals surface area contributed by atoms with Gasteiger partial charge in [0.2, 0.25) is 0 Å². The summed E-state index contributed by atoms with van der Waals surface area (Å²) in [5, 5.41) is 0. The molecule has 22 heavy (non-hydrogen) atoms. The zero-order chi connectivity index (χ0) is 15.4. The van der Waals surface area contributed by atoms with Crippen molar-refractivity contribution in [2.45, 2.75) is 0 Å². The lowest BCUT2D eigenvalue weighted by Crippen LogP contribution is -2.19. The van der Waals surface area contributed by atoms with Crippen molar-refractivity contribution < 1.29 is 4.39 Å². The molecule has 0 fully saturated rings. The number of halogens is 1. The quantitative estimate of drug-likeness (QED) is 0.751. The number of nitrogens with one attached hydrogen (secondary N) is 1. The molecule has 1 aromatic carbocycles. The third-order valence-electron chi connectivity index (χ3n) is 3.46. The minimum absolute atomic E-state index is 0.355. The number of fused-ring (bicyclic) bond motifs is 1. The predicted molar refractivity (Wildman–Crippen MR) is 87.8 cm³/mol. The summed E-state index contributed by atoms with van der Waals surface area (Å²) in [6, 6.07) is 13.6. The molecule has 1 N–H and O–H groups in total. The molecule has 110 valence electrons. The first-order valence-electron chi connectivity index (χ1n) is 7.09. The van der Waals surface area contributed by atoms with E-state index in [1.165, 1.54) is 0 Å². The average molecular weight is 293 g/mol. The Hall–Kier alpha value is -2.80. The molecule has 3 nitrogen and oxygen atoms in total. The van der Waals surface area contributed by atoms with E-state index in [-0.39, 0.29) is 6.67 Å². The Morgan fingerprint density at radius 3 is 2.73 bits per heavy atom. The number of hydrogen-bond acceptors (Lipinski definition) is 2. The van der Waals surface area contributed by atoms with E-state index in [0.717, 1.165) is 28.0 Å². The minimum atomic E-state index is -0.355. The molecule has 0 radical (unpaired) electrons. The highest BCUT2D eigenvalue weighted by molar-refractivity contribution is 5.76. The maximum Gasteiger partial charge on any atom is 0.107 e. The van der Waals surface area contributed by atoms with E-state index in [1.54, 1.807) is 6.20 Å². The first-order valence-corrected chi connectivity index (χ1v) is 7.09. The van der Waals surface area contributed by atoms with Crippen molar-refractivity contribution in [1.82, 2.24) is 9.97 Å². The molecule has 3 rings (SSSR count). The summed E-state index contributed by atoms with van der Waals surface area (Å²) in [5.74, 6) is 6.22. The van der Waals surface area contributed by atoms with E-state index in [1.807, 2.05) is 54.4 Å². The van der Waals surface area contributed by atoms with Gasteiger partial charge in [-0.3, -0.25) is 4.98 Å². The fourth-order valence-electron chi connectivity index (χ4n) is 2.22. The molecular weight excluding hydrogens is 277 g/mol. The Morgan fingerprint density at radius 2 is 2.00 bits per heavy atom. The summed E-state index contributed by atoms with van der Waals surface area (Å²) >= 11 is 0. The van der Waals surface area contributed by atoms with Crippen LogP contribution in [0.3, 0.4) is 0 Å². The number of alkyl halides is 1. The molecule has 0 amide bonds. The highest BCUT2D eigenvalue weighted by Crippen LogP contribution is 2.14. The topological polar surface area (TPSA) is 31.9 Å². The van der Waals surface area contributed by atoms with Crippen LogP contribution in [0.1, 0.15) is 11.3 Å². The standard InChI is InChI=1S/C18H16FN3/c1-22(12-10-19)16-8-5-14(6-9-16)4-7-15-13-18-17(21-15)3-2-11-20-18/h2-3,5-6,8-9,11,13,21H,10,12H2,1H3. The monoisotopic (exact) mass is 293 g/mol. The maximum absolute atomic E-state index is 12.3. The van der Waals surface area contributed by atoms with Crippen molar-refractivity contribution >= 4 is 16.7 Å². The molecule has 0 atom stereocenters. The molecular formula is C18H16FN3. The second kappa shape index (κ2) is 6.31. The largest absolute Gasteiger partial charge is 0.372 e. The van der Waals surface area contributed by atoms with Crippen LogP contribution in [0.15, 0.2) is 48.7 Å². The summed E-state index contributed by atoms with van der Waals surface area (Å²) in [7, 11) is 1.87. The number of nitrogens with zero attached hydrogens (tertiary/aromatic N) is 2. The molecule has 0 aliphatic rings. The molecule has 0 bridgehead atoms. The highest BCUT2D eigenvalue weighted by Gasteiger charge is 2.00. The van der Waals surface area contributed by atoms with Crippen molar-refractivity contribution in [3.8, 4) is 11.8 Å². The molecule has 0 unspecified atom stereocenters. The van der Waals surface area contributed by atoms with Gasteiger partial charge in [-0.1, -0.05) is 5.92 Å². The van der Waals surface area contributed by atoms with Crippen molar-refractivity contribution in [2.24, 2.45) is 0 Å². The van der Waals surface area contributed by atoms with Gasteiger partial charge in [0.05, 0.1) is 16.7 Å². The van der Waals surface area contributed by atoms with E-state index in [0.29, 0.717) is 6.54 Å². The number of hydrogen-bond donors (Lipinski definition) is 1. The first-order chi connectivity index (χ1) is 10.8. The second-order valence-corrected chi connectivity index (χ2v) is 5.03. The number of benzene rings is 1. The van der Waals surface area contributed by atoms with E-state index in [4.69, 9.17) is 0 Å². The van der Waals surface area contributed by atoms with Gasteiger partial charge in [-0.15, -0.1) is 0 Å². The Morgan fingerprint density at radius 1 is 1.18 bits per heavy atom. The molecule has 0 aliphatic carbocycles. The number of aromatic amines is 1. The van der Waals surface area contributed by atoms with Crippen LogP contribution in [0.2, 0.25) is 0 Å². The number of pyridine rings is 1. The third kappa shape index (κ3) is 3.09. The van der Waals surface area contributed by atoms with Crippen molar-refractivity contribution in [3.63, 3.8) is 0 Å². The van der Waals surface area contributed by atoms with Crippen LogP contribution >= 0.6 is 0 Å². The highest BCUT2D eigenvalue weighted by atomic mass is 19.1. The summed E-state index contributed by atoms with van der Waals surface area (Å²) in [4.78, 5) is 9.37. The molecule has 4 heteroatoms. The molecule has 2 aromatic heterocycles. The van der Waals surface area contributed by atoms with Gasteiger partial charge in [0.1, 0.15) is 6.67 Å². The lowest BCUT2D eigenvalue weighted by Gasteiger charge is -2.16. The summed E-state index contributed by atoms with van der Waals surface area (Å²) < 4.78 is 12.3. The van der Waals surface area contributed by atoms with Gasteiger partial charge >= 0.3 is 0 Å². The van der Waals surface area contributed by atoms with Gasteiger partial charge in [0.15, 0.2) is 0 Å². The number of aromatic nitrogens is 2. The Labute approximate surface area is 128 Å². The SMILES string of the molecule is CN(CCF)c1ccc(C#Cc2cc3ncccc3[nH]2)cc1. The Bertz CT molecular complexity index is 792. The van der Waals surface area contributed by atoms with E-state index < -0.39 is 0 Å². The van der Waals surface area contributed by atoms with Gasteiger partial charge < -0.3 is 9.88 Å². The zero-order valence-corrected chi connectivity index (χ0v) is 12.3. The maximum atomic E-state index is 12.3. The number of rotatable bonds is 3. The summed E-state index contributed by atoms with van der Waals surface area (Å²) in [6.07, 6.45) is 1.76. The third-order valence-corrected chi connectivity index (χ3v) is 3.46. The summed E-state index contributed by atoms with van der Waals surface area (Å²) in [5.41, 5.74) is 4.64. The molecule has 2 heterocycles.